The van der Waals surface area contributed by atoms with E-state index in [-0.39, 0.29) is 16.2 Å². The van der Waals surface area contributed by atoms with Crippen molar-refractivity contribution in [2.45, 2.75) is 0 Å². The summed E-state index contributed by atoms with van der Waals surface area (Å²) in [5.41, 5.74) is 1.59. The number of anilines is 2. The molecule has 0 radical (unpaired) electrons. The molecule has 2 N–H and O–H groups in total. The smallest absolute Gasteiger partial charge is 0.337 e. The second-order valence-corrected chi connectivity index (χ2v) is 5.50. The maximum atomic E-state index is 11.8. The molecule has 0 atom stereocenters. The minimum Gasteiger partial charge on any atom is -0.497 e. The van der Waals surface area contributed by atoms with Crippen molar-refractivity contribution in [2.75, 3.05) is 32.0 Å². The van der Waals surface area contributed by atoms with E-state index < -0.39 is 11.9 Å². The topological polar surface area (TPSA) is 85.9 Å². The zero-order valence-corrected chi connectivity index (χ0v) is 15.3. The number of thiocarbonyl (C=S) groups is 1. The van der Waals surface area contributed by atoms with Gasteiger partial charge < -0.3 is 24.8 Å². The van der Waals surface area contributed by atoms with Gasteiger partial charge in [0.15, 0.2) is 5.11 Å². The first-order valence-electron chi connectivity index (χ1n) is 7.50. The van der Waals surface area contributed by atoms with Crippen LogP contribution in [-0.2, 0) is 9.47 Å². The Morgan fingerprint density at radius 1 is 0.808 bits per heavy atom. The van der Waals surface area contributed by atoms with Gasteiger partial charge in [-0.15, -0.1) is 0 Å². The summed E-state index contributed by atoms with van der Waals surface area (Å²) < 4.78 is 14.5. The second kappa shape index (κ2) is 8.82. The number of methoxy groups -OCH3 is 3. The van der Waals surface area contributed by atoms with Gasteiger partial charge in [-0.05, 0) is 54.7 Å². The normalized spacial score (nSPS) is 9.81. The molecule has 0 saturated heterocycles. The largest absolute Gasteiger partial charge is 0.497 e. The van der Waals surface area contributed by atoms with Crippen molar-refractivity contribution < 1.29 is 23.8 Å². The van der Waals surface area contributed by atoms with Crippen molar-refractivity contribution in [3.8, 4) is 5.75 Å². The third-order valence-electron chi connectivity index (χ3n) is 3.38. The van der Waals surface area contributed by atoms with Crippen LogP contribution >= 0.6 is 12.2 Å². The van der Waals surface area contributed by atoms with Crippen LogP contribution in [0, 0.1) is 0 Å². The highest BCUT2D eigenvalue weighted by Gasteiger charge is 2.14. The van der Waals surface area contributed by atoms with Crippen molar-refractivity contribution in [1.82, 2.24) is 0 Å². The molecular formula is C18H18N2O5S. The minimum absolute atomic E-state index is 0.199. The Morgan fingerprint density at radius 2 is 1.31 bits per heavy atom. The summed E-state index contributed by atoms with van der Waals surface area (Å²) >= 11 is 5.27. The van der Waals surface area contributed by atoms with Crippen LogP contribution in [-0.4, -0.2) is 38.4 Å². The van der Waals surface area contributed by atoms with E-state index in [1.165, 1.54) is 32.4 Å². The minimum atomic E-state index is -0.576. The van der Waals surface area contributed by atoms with Gasteiger partial charge in [0.2, 0.25) is 0 Å². The molecule has 0 saturated carbocycles. The Hall–Kier alpha value is -3.13. The maximum absolute atomic E-state index is 11.8. The zero-order valence-electron chi connectivity index (χ0n) is 14.5. The van der Waals surface area contributed by atoms with Crippen LogP contribution in [0.5, 0.6) is 5.75 Å². The number of carbonyl (C=O) groups excluding carboxylic acids is 2. The lowest BCUT2D eigenvalue weighted by Crippen LogP contribution is -2.20. The number of rotatable bonds is 5. The van der Waals surface area contributed by atoms with Crippen LogP contribution in [0.2, 0.25) is 0 Å². The van der Waals surface area contributed by atoms with Crippen LogP contribution in [0.3, 0.4) is 0 Å². The monoisotopic (exact) mass is 374 g/mol. The predicted octanol–water partition coefficient (Wildman–Crippen LogP) is 3.08. The molecule has 0 unspecified atom stereocenters. The van der Waals surface area contributed by atoms with Gasteiger partial charge >= 0.3 is 11.9 Å². The number of nitrogens with one attached hydrogen (secondary N) is 2. The van der Waals surface area contributed by atoms with Gasteiger partial charge in [-0.2, -0.15) is 0 Å². The Kier molecular flexibility index (Phi) is 6.51. The molecule has 0 bridgehead atoms. The molecule has 2 aromatic carbocycles. The first kappa shape index (κ1) is 19.2. The molecule has 0 spiro atoms. The van der Waals surface area contributed by atoms with Crippen LogP contribution in [0.4, 0.5) is 11.4 Å². The van der Waals surface area contributed by atoms with Gasteiger partial charge in [-0.25, -0.2) is 9.59 Å². The lowest BCUT2D eigenvalue weighted by molar-refractivity contribution is 0.0599. The number of ether oxygens (including phenoxy) is 3. The maximum Gasteiger partial charge on any atom is 0.337 e. The summed E-state index contributed by atoms with van der Waals surface area (Å²) in [6.45, 7) is 0. The fourth-order valence-corrected chi connectivity index (χ4v) is 2.37. The summed E-state index contributed by atoms with van der Waals surface area (Å²) in [6, 6.07) is 11.6. The van der Waals surface area contributed by atoms with Crippen LogP contribution in [0.15, 0.2) is 42.5 Å². The average molecular weight is 374 g/mol. The number of hydrogen-bond donors (Lipinski definition) is 2. The third-order valence-corrected chi connectivity index (χ3v) is 3.59. The quantitative estimate of drug-likeness (QED) is 0.610. The fourth-order valence-electron chi connectivity index (χ4n) is 2.14. The molecule has 7 nitrogen and oxygen atoms in total. The zero-order chi connectivity index (χ0) is 19.1. The summed E-state index contributed by atoms with van der Waals surface area (Å²) in [5, 5.41) is 6.22. The molecule has 26 heavy (non-hydrogen) atoms. The van der Waals surface area contributed by atoms with E-state index >= 15 is 0 Å². The van der Waals surface area contributed by atoms with E-state index in [1.54, 1.807) is 31.4 Å². The lowest BCUT2D eigenvalue weighted by atomic mass is 10.1. The van der Waals surface area contributed by atoms with Gasteiger partial charge in [0.1, 0.15) is 5.75 Å². The highest BCUT2D eigenvalue weighted by molar-refractivity contribution is 7.80. The molecule has 0 amide bonds. The van der Waals surface area contributed by atoms with E-state index in [4.69, 9.17) is 26.4 Å². The highest BCUT2D eigenvalue weighted by Crippen LogP contribution is 2.19. The highest BCUT2D eigenvalue weighted by atomic mass is 32.1. The molecule has 0 fully saturated rings. The Labute approximate surface area is 156 Å². The molecule has 136 valence electrons. The van der Waals surface area contributed by atoms with E-state index in [1.807, 2.05) is 0 Å². The number of esters is 2. The fraction of sp³-hybridized carbons (Fsp3) is 0.167. The van der Waals surface area contributed by atoms with E-state index in [2.05, 4.69) is 10.6 Å². The Morgan fingerprint density at radius 3 is 1.77 bits per heavy atom. The molecule has 2 rings (SSSR count). The number of carbonyl (C=O) groups is 2. The van der Waals surface area contributed by atoms with E-state index in [0.29, 0.717) is 5.69 Å². The molecular weight excluding hydrogens is 356 g/mol. The summed E-state index contributed by atoms with van der Waals surface area (Å²) in [4.78, 5) is 23.6. The SMILES string of the molecule is COC(=O)c1cc(NC(=S)Nc2ccc(OC)cc2)cc(C(=O)OC)c1. The van der Waals surface area contributed by atoms with E-state index in [9.17, 15) is 9.59 Å². The first-order chi connectivity index (χ1) is 12.5. The van der Waals surface area contributed by atoms with Crippen LogP contribution in [0.1, 0.15) is 20.7 Å². The lowest BCUT2D eigenvalue weighted by Gasteiger charge is -2.13. The first-order valence-corrected chi connectivity index (χ1v) is 7.91. The van der Waals surface area contributed by atoms with Crippen molar-refractivity contribution in [2.24, 2.45) is 0 Å². The summed E-state index contributed by atoms with van der Waals surface area (Å²) in [7, 11) is 4.11. The molecule has 0 aliphatic carbocycles. The van der Waals surface area contributed by atoms with Crippen molar-refractivity contribution >= 4 is 40.6 Å². The molecule has 8 heteroatoms. The van der Waals surface area contributed by atoms with Gasteiger partial charge in [0.25, 0.3) is 0 Å². The van der Waals surface area contributed by atoms with Crippen molar-refractivity contribution in [3.05, 3.63) is 53.6 Å². The van der Waals surface area contributed by atoms with Gasteiger partial charge in [0, 0.05) is 11.4 Å². The van der Waals surface area contributed by atoms with Crippen LogP contribution in [0.25, 0.3) is 0 Å². The van der Waals surface area contributed by atoms with E-state index in [0.717, 1.165) is 11.4 Å². The molecule has 0 aromatic heterocycles. The molecule has 0 heterocycles. The summed E-state index contributed by atoms with van der Waals surface area (Å²) in [5.74, 6) is -0.427. The van der Waals surface area contributed by atoms with Crippen LogP contribution < -0.4 is 15.4 Å². The van der Waals surface area contributed by atoms with Gasteiger partial charge in [-0.3, -0.25) is 0 Å². The average Bonchev–Trinajstić information content (AvgIpc) is 2.66. The molecule has 2 aromatic rings. The Bertz CT molecular complexity index is 787. The molecule has 0 aliphatic rings. The predicted molar refractivity (Wildman–Crippen MR) is 102 cm³/mol. The summed E-state index contributed by atoms with van der Waals surface area (Å²) in [6.07, 6.45) is 0. The standard InChI is InChI=1S/C18H18N2O5S/c1-23-15-6-4-13(5-7-15)19-18(26)20-14-9-11(16(21)24-2)8-12(10-14)17(22)25-3/h4-10H,1-3H3,(H2,19,20,26). The molecule has 0 aliphatic heterocycles. The third kappa shape index (κ3) is 4.93. The van der Waals surface area contributed by atoms with Gasteiger partial charge in [-0.1, -0.05) is 0 Å². The van der Waals surface area contributed by atoms with Crippen molar-refractivity contribution in [1.29, 1.82) is 0 Å². The Balaban J connectivity index is 2.19. The van der Waals surface area contributed by atoms with Gasteiger partial charge in [0.05, 0.1) is 32.5 Å². The number of benzene rings is 2. The number of hydrogen-bond acceptors (Lipinski definition) is 6. The van der Waals surface area contributed by atoms with Crippen molar-refractivity contribution in [3.63, 3.8) is 0 Å². The second-order valence-electron chi connectivity index (χ2n) is 5.09.